The number of aromatic nitrogens is 1. The van der Waals surface area contributed by atoms with Crippen LogP contribution in [0, 0.1) is 6.92 Å². The van der Waals surface area contributed by atoms with Gasteiger partial charge < -0.3 is 10.4 Å². The normalized spacial score (nSPS) is 11.7. The SMILES string of the molecule is Cc1cccnc1C(=O)N[C@H](Cc1ccccc1)C(=O)O. The van der Waals surface area contributed by atoms with Crippen molar-refractivity contribution in [2.45, 2.75) is 19.4 Å². The lowest BCUT2D eigenvalue weighted by atomic mass is 10.1. The van der Waals surface area contributed by atoms with Crippen molar-refractivity contribution in [2.24, 2.45) is 0 Å². The van der Waals surface area contributed by atoms with E-state index in [0.717, 1.165) is 5.56 Å². The van der Waals surface area contributed by atoms with Crippen LogP contribution < -0.4 is 5.32 Å². The van der Waals surface area contributed by atoms with Crippen LogP contribution in [0.15, 0.2) is 48.7 Å². The Kier molecular flexibility index (Phi) is 4.66. The highest BCUT2D eigenvalue weighted by Gasteiger charge is 2.22. The minimum absolute atomic E-state index is 0.230. The molecule has 1 aromatic carbocycles. The second kappa shape index (κ2) is 6.65. The van der Waals surface area contributed by atoms with E-state index in [1.54, 1.807) is 19.1 Å². The quantitative estimate of drug-likeness (QED) is 0.877. The fraction of sp³-hybridized carbons (Fsp3) is 0.188. The van der Waals surface area contributed by atoms with Gasteiger partial charge in [0.25, 0.3) is 5.91 Å². The van der Waals surface area contributed by atoms with Gasteiger partial charge >= 0.3 is 5.97 Å². The number of carbonyl (C=O) groups excluding carboxylic acids is 1. The molecule has 2 aromatic rings. The third-order valence-electron chi connectivity index (χ3n) is 3.11. The number of pyridine rings is 1. The molecule has 21 heavy (non-hydrogen) atoms. The summed E-state index contributed by atoms with van der Waals surface area (Å²) in [6.45, 7) is 1.76. The molecule has 2 N–H and O–H groups in total. The minimum atomic E-state index is -1.07. The first-order chi connectivity index (χ1) is 10.1. The summed E-state index contributed by atoms with van der Waals surface area (Å²) >= 11 is 0. The second-order valence-corrected chi connectivity index (χ2v) is 4.72. The third-order valence-corrected chi connectivity index (χ3v) is 3.11. The number of hydrogen-bond donors (Lipinski definition) is 2. The molecule has 1 amide bonds. The number of rotatable bonds is 5. The zero-order valence-corrected chi connectivity index (χ0v) is 11.6. The van der Waals surface area contributed by atoms with E-state index in [1.165, 1.54) is 6.20 Å². The van der Waals surface area contributed by atoms with Crippen molar-refractivity contribution in [1.29, 1.82) is 0 Å². The van der Waals surface area contributed by atoms with E-state index in [1.807, 2.05) is 30.3 Å². The van der Waals surface area contributed by atoms with Crippen molar-refractivity contribution in [1.82, 2.24) is 10.3 Å². The Balaban J connectivity index is 2.12. The number of aryl methyl sites for hydroxylation is 1. The van der Waals surface area contributed by atoms with E-state index in [2.05, 4.69) is 10.3 Å². The van der Waals surface area contributed by atoms with Crippen molar-refractivity contribution in [3.05, 3.63) is 65.5 Å². The predicted molar refractivity (Wildman–Crippen MR) is 78.0 cm³/mol. The Morgan fingerprint density at radius 3 is 2.52 bits per heavy atom. The molecule has 0 radical (unpaired) electrons. The molecule has 108 valence electrons. The molecule has 1 atom stereocenters. The van der Waals surface area contributed by atoms with Crippen LogP contribution >= 0.6 is 0 Å². The Bertz CT molecular complexity index is 641. The molecule has 2 rings (SSSR count). The molecule has 1 heterocycles. The van der Waals surface area contributed by atoms with Crippen molar-refractivity contribution in [3.63, 3.8) is 0 Å². The summed E-state index contributed by atoms with van der Waals surface area (Å²) in [5.41, 5.74) is 1.80. The molecule has 0 saturated carbocycles. The third kappa shape index (κ3) is 3.89. The maximum absolute atomic E-state index is 12.1. The zero-order valence-electron chi connectivity index (χ0n) is 11.6. The van der Waals surface area contributed by atoms with Crippen LogP contribution in [0.3, 0.4) is 0 Å². The summed E-state index contributed by atoms with van der Waals surface area (Å²) in [4.78, 5) is 27.4. The van der Waals surface area contributed by atoms with Gasteiger partial charge in [0, 0.05) is 12.6 Å². The van der Waals surface area contributed by atoms with Gasteiger partial charge in [-0.2, -0.15) is 0 Å². The Hall–Kier alpha value is -2.69. The monoisotopic (exact) mass is 284 g/mol. The first kappa shape index (κ1) is 14.7. The maximum atomic E-state index is 12.1. The predicted octanol–water partition coefficient (Wildman–Crippen LogP) is 1.82. The number of nitrogens with one attached hydrogen (secondary N) is 1. The highest BCUT2D eigenvalue weighted by Crippen LogP contribution is 2.07. The average molecular weight is 284 g/mol. The van der Waals surface area contributed by atoms with E-state index in [-0.39, 0.29) is 12.1 Å². The van der Waals surface area contributed by atoms with Crippen molar-refractivity contribution in [2.75, 3.05) is 0 Å². The summed E-state index contributed by atoms with van der Waals surface area (Å²) in [7, 11) is 0. The Morgan fingerprint density at radius 1 is 1.19 bits per heavy atom. The molecule has 0 unspecified atom stereocenters. The molecule has 5 nitrogen and oxygen atoms in total. The van der Waals surface area contributed by atoms with Gasteiger partial charge in [-0.1, -0.05) is 36.4 Å². The molecule has 0 bridgehead atoms. The van der Waals surface area contributed by atoms with Crippen LogP contribution in [-0.2, 0) is 11.2 Å². The fourth-order valence-electron chi connectivity index (χ4n) is 2.00. The fourth-order valence-corrected chi connectivity index (χ4v) is 2.00. The number of aliphatic carboxylic acids is 1. The largest absolute Gasteiger partial charge is 0.480 e. The molecule has 0 spiro atoms. The van der Waals surface area contributed by atoms with Gasteiger partial charge in [0.1, 0.15) is 11.7 Å². The highest BCUT2D eigenvalue weighted by atomic mass is 16.4. The van der Waals surface area contributed by atoms with Crippen molar-refractivity contribution < 1.29 is 14.7 Å². The number of carboxylic acid groups (broad SMARTS) is 1. The van der Waals surface area contributed by atoms with Gasteiger partial charge in [-0.05, 0) is 24.1 Å². The van der Waals surface area contributed by atoms with Crippen LogP contribution in [0.5, 0.6) is 0 Å². The van der Waals surface area contributed by atoms with Crippen LogP contribution in [0.25, 0.3) is 0 Å². The average Bonchev–Trinajstić information content (AvgIpc) is 2.48. The van der Waals surface area contributed by atoms with Gasteiger partial charge in [-0.25, -0.2) is 4.79 Å². The molecular formula is C16H16N2O3. The molecule has 0 aliphatic carbocycles. The minimum Gasteiger partial charge on any atom is -0.480 e. The highest BCUT2D eigenvalue weighted by molar-refractivity contribution is 5.96. The Morgan fingerprint density at radius 2 is 1.90 bits per heavy atom. The lowest BCUT2D eigenvalue weighted by molar-refractivity contribution is -0.139. The number of nitrogens with zero attached hydrogens (tertiary/aromatic N) is 1. The lowest BCUT2D eigenvalue weighted by Gasteiger charge is -2.15. The van der Waals surface area contributed by atoms with Gasteiger partial charge in [0.2, 0.25) is 0 Å². The van der Waals surface area contributed by atoms with Crippen LogP contribution in [0.4, 0.5) is 0 Å². The number of hydrogen-bond acceptors (Lipinski definition) is 3. The van der Waals surface area contributed by atoms with Gasteiger partial charge in [-0.15, -0.1) is 0 Å². The summed E-state index contributed by atoms with van der Waals surface area (Å²) in [5.74, 6) is -1.54. The van der Waals surface area contributed by atoms with Gasteiger partial charge in [-0.3, -0.25) is 9.78 Å². The first-order valence-electron chi connectivity index (χ1n) is 6.57. The maximum Gasteiger partial charge on any atom is 0.326 e. The molecular weight excluding hydrogens is 268 g/mol. The van der Waals surface area contributed by atoms with Crippen LogP contribution in [-0.4, -0.2) is 28.0 Å². The van der Waals surface area contributed by atoms with Crippen LogP contribution in [0.2, 0.25) is 0 Å². The summed E-state index contributed by atoms with van der Waals surface area (Å²) in [5, 5.41) is 11.8. The van der Waals surface area contributed by atoms with Crippen molar-refractivity contribution >= 4 is 11.9 Å². The molecule has 0 saturated heterocycles. The smallest absolute Gasteiger partial charge is 0.326 e. The van der Waals surface area contributed by atoms with Crippen molar-refractivity contribution in [3.8, 4) is 0 Å². The first-order valence-corrected chi connectivity index (χ1v) is 6.57. The number of carboxylic acids is 1. The van der Waals surface area contributed by atoms with Gasteiger partial charge in [0.15, 0.2) is 0 Å². The Labute approximate surface area is 122 Å². The topological polar surface area (TPSA) is 79.3 Å². The van der Waals surface area contributed by atoms with E-state index >= 15 is 0 Å². The molecule has 0 aliphatic rings. The van der Waals surface area contributed by atoms with Gasteiger partial charge in [0.05, 0.1) is 0 Å². The molecule has 5 heteroatoms. The van der Waals surface area contributed by atoms with E-state index in [0.29, 0.717) is 5.56 Å². The van der Waals surface area contributed by atoms with E-state index in [4.69, 9.17) is 0 Å². The van der Waals surface area contributed by atoms with E-state index in [9.17, 15) is 14.7 Å². The number of benzene rings is 1. The summed E-state index contributed by atoms with van der Waals surface area (Å²) in [6.07, 6.45) is 1.74. The summed E-state index contributed by atoms with van der Waals surface area (Å²) < 4.78 is 0. The standard InChI is InChI=1S/C16H16N2O3/c1-11-6-5-9-17-14(11)15(19)18-13(16(20)21)10-12-7-3-2-4-8-12/h2-9,13H,10H2,1H3,(H,18,19)(H,20,21)/t13-/m1/s1. The molecule has 0 aliphatic heterocycles. The molecule has 0 fully saturated rings. The van der Waals surface area contributed by atoms with E-state index < -0.39 is 17.9 Å². The molecule has 1 aromatic heterocycles. The number of amides is 1. The zero-order chi connectivity index (χ0) is 15.2. The van der Waals surface area contributed by atoms with Crippen LogP contribution in [0.1, 0.15) is 21.6 Å². The number of carbonyl (C=O) groups is 2. The summed E-state index contributed by atoms with van der Waals surface area (Å²) in [6, 6.07) is 11.7. The second-order valence-electron chi connectivity index (χ2n) is 4.72. The lowest BCUT2D eigenvalue weighted by Crippen LogP contribution is -2.42.